The summed E-state index contributed by atoms with van der Waals surface area (Å²) >= 11 is 3.47. The molecular formula is C11H16BrNO. The molecule has 1 aromatic carbocycles. The third-order valence-corrected chi connectivity index (χ3v) is 2.77. The van der Waals surface area contributed by atoms with Crippen molar-refractivity contribution in [2.75, 3.05) is 7.11 Å². The molecule has 0 unspecified atom stereocenters. The van der Waals surface area contributed by atoms with Crippen molar-refractivity contribution in [3.63, 3.8) is 0 Å². The molecule has 2 N–H and O–H groups in total. The second-order valence-electron chi connectivity index (χ2n) is 4.03. The van der Waals surface area contributed by atoms with Crippen molar-refractivity contribution < 1.29 is 4.74 Å². The van der Waals surface area contributed by atoms with Gasteiger partial charge in [-0.2, -0.15) is 0 Å². The van der Waals surface area contributed by atoms with Crippen molar-refractivity contribution in [3.05, 3.63) is 27.7 Å². The van der Waals surface area contributed by atoms with Crippen molar-refractivity contribution in [2.24, 2.45) is 5.73 Å². The van der Waals surface area contributed by atoms with E-state index in [1.807, 2.05) is 26.8 Å². The van der Waals surface area contributed by atoms with E-state index in [-0.39, 0.29) is 5.54 Å². The van der Waals surface area contributed by atoms with Crippen molar-refractivity contribution in [1.82, 2.24) is 0 Å². The van der Waals surface area contributed by atoms with Crippen LogP contribution in [0.3, 0.4) is 0 Å². The highest BCUT2D eigenvalue weighted by Crippen LogP contribution is 2.32. The summed E-state index contributed by atoms with van der Waals surface area (Å²) < 4.78 is 6.21. The SMILES string of the molecule is COc1c(C)cc(C(C)(C)N)cc1Br. The molecule has 1 rings (SSSR count). The Morgan fingerprint density at radius 2 is 1.93 bits per heavy atom. The number of nitrogens with two attached hydrogens (primary N) is 1. The Morgan fingerprint density at radius 1 is 1.36 bits per heavy atom. The number of rotatable bonds is 2. The lowest BCUT2D eigenvalue weighted by Gasteiger charge is -2.21. The van der Waals surface area contributed by atoms with Gasteiger partial charge in [0.05, 0.1) is 11.6 Å². The molecule has 2 nitrogen and oxygen atoms in total. The van der Waals surface area contributed by atoms with Gasteiger partial charge < -0.3 is 10.5 Å². The molecule has 0 aromatic heterocycles. The van der Waals surface area contributed by atoms with Crippen molar-refractivity contribution in [3.8, 4) is 5.75 Å². The summed E-state index contributed by atoms with van der Waals surface area (Å²) in [6, 6.07) is 4.06. The zero-order chi connectivity index (χ0) is 10.9. The lowest BCUT2D eigenvalue weighted by atomic mass is 9.94. The summed E-state index contributed by atoms with van der Waals surface area (Å²) in [6.45, 7) is 5.99. The summed E-state index contributed by atoms with van der Waals surface area (Å²) in [4.78, 5) is 0. The third kappa shape index (κ3) is 2.28. The van der Waals surface area contributed by atoms with Crippen LogP contribution in [-0.4, -0.2) is 7.11 Å². The van der Waals surface area contributed by atoms with Gasteiger partial charge >= 0.3 is 0 Å². The maximum Gasteiger partial charge on any atom is 0.135 e. The van der Waals surface area contributed by atoms with Gasteiger partial charge in [0.1, 0.15) is 5.75 Å². The van der Waals surface area contributed by atoms with Crippen molar-refractivity contribution in [2.45, 2.75) is 26.3 Å². The van der Waals surface area contributed by atoms with Gasteiger partial charge in [0.2, 0.25) is 0 Å². The topological polar surface area (TPSA) is 35.2 Å². The second-order valence-corrected chi connectivity index (χ2v) is 4.88. The molecule has 0 saturated heterocycles. The molecule has 0 heterocycles. The predicted octanol–water partition coefficient (Wildman–Crippen LogP) is 2.96. The summed E-state index contributed by atoms with van der Waals surface area (Å²) in [5.41, 5.74) is 7.90. The first-order valence-electron chi connectivity index (χ1n) is 4.49. The van der Waals surface area contributed by atoms with Crippen molar-refractivity contribution >= 4 is 15.9 Å². The van der Waals surface area contributed by atoms with Gasteiger partial charge in [-0.25, -0.2) is 0 Å². The summed E-state index contributed by atoms with van der Waals surface area (Å²) in [5.74, 6) is 0.873. The highest BCUT2D eigenvalue weighted by molar-refractivity contribution is 9.10. The fourth-order valence-corrected chi connectivity index (χ4v) is 2.08. The minimum Gasteiger partial charge on any atom is -0.495 e. The smallest absolute Gasteiger partial charge is 0.135 e. The minimum atomic E-state index is -0.320. The van der Waals surface area contributed by atoms with Crippen LogP contribution in [0.5, 0.6) is 5.75 Å². The van der Waals surface area contributed by atoms with E-state index in [1.54, 1.807) is 7.11 Å². The Hall–Kier alpha value is -0.540. The Bertz CT molecular complexity index is 319. The first-order chi connectivity index (χ1) is 6.36. The van der Waals surface area contributed by atoms with Crippen LogP contribution in [-0.2, 0) is 5.54 Å². The monoisotopic (exact) mass is 257 g/mol. The van der Waals surface area contributed by atoms with Crippen LogP contribution >= 0.6 is 15.9 Å². The fraction of sp³-hybridized carbons (Fsp3) is 0.455. The van der Waals surface area contributed by atoms with Gasteiger partial charge in [0.25, 0.3) is 0 Å². The van der Waals surface area contributed by atoms with E-state index in [1.165, 1.54) is 0 Å². The predicted molar refractivity (Wildman–Crippen MR) is 62.6 cm³/mol. The molecule has 0 aliphatic carbocycles. The third-order valence-electron chi connectivity index (χ3n) is 2.18. The average Bonchev–Trinajstić information content (AvgIpc) is 2.01. The number of aryl methyl sites for hydroxylation is 1. The molecule has 0 atom stereocenters. The van der Waals surface area contributed by atoms with E-state index >= 15 is 0 Å². The summed E-state index contributed by atoms with van der Waals surface area (Å²) in [5, 5.41) is 0. The average molecular weight is 258 g/mol. The maximum atomic E-state index is 6.02. The van der Waals surface area contributed by atoms with Crippen LogP contribution in [0.1, 0.15) is 25.0 Å². The summed E-state index contributed by atoms with van der Waals surface area (Å²) in [7, 11) is 1.67. The van der Waals surface area contributed by atoms with Crippen LogP contribution in [0, 0.1) is 6.92 Å². The molecule has 0 aliphatic rings. The zero-order valence-electron chi connectivity index (χ0n) is 9.02. The maximum absolute atomic E-state index is 6.02. The normalized spacial score (nSPS) is 11.6. The number of methoxy groups -OCH3 is 1. The van der Waals surface area contributed by atoms with Gasteiger partial charge in [-0.05, 0) is 53.9 Å². The first-order valence-corrected chi connectivity index (χ1v) is 5.29. The van der Waals surface area contributed by atoms with E-state index in [9.17, 15) is 0 Å². The molecule has 0 saturated carbocycles. The molecule has 14 heavy (non-hydrogen) atoms. The lowest BCUT2D eigenvalue weighted by Crippen LogP contribution is -2.28. The molecule has 1 aromatic rings. The fourth-order valence-electron chi connectivity index (χ4n) is 1.36. The van der Waals surface area contributed by atoms with E-state index in [0.29, 0.717) is 0 Å². The Kier molecular flexibility index (Phi) is 3.22. The molecule has 0 radical (unpaired) electrons. The zero-order valence-corrected chi connectivity index (χ0v) is 10.6. The van der Waals surface area contributed by atoms with Gasteiger partial charge in [-0.15, -0.1) is 0 Å². The quantitative estimate of drug-likeness (QED) is 0.885. The van der Waals surface area contributed by atoms with Crippen LogP contribution in [0.4, 0.5) is 0 Å². The minimum absolute atomic E-state index is 0.320. The molecule has 0 aliphatic heterocycles. The van der Waals surface area contributed by atoms with Crippen LogP contribution in [0.25, 0.3) is 0 Å². The highest BCUT2D eigenvalue weighted by Gasteiger charge is 2.17. The number of hydrogen-bond donors (Lipinski definition) is 1. The van der Waals surface area contributed by atoms with Crippen LogP contribution in [0.15, 0.2) is 16.6 Å². The number of benzene rings is 1. The molecular weight excluding hydrogens is 242 g/mol. The number of halogens is 1. The molecule has 0 fully saturated rings. The molecule has 0 amide bonds. The van der Waals surface area contributed by atoms with Crippen molar-refractivity contribution in [1.29, 1.82) is 0 Å². The van der Waals surface area contributed by atoms with Crippen LogP contribution < -0.4 is 10.5 Å². The molecule has 0 bridgehead atoms. The Balaban J connectivity index is 3.28. The first kappa shape index (κ1) is 11.5. The second kappa shape index (κ2) is 3.91. The van der Waals surface area contributed by atoms with E-state index in [0.717, 1.165) is 21.3 Å². The van der Waals surface area contributed by atoms with Crippen LogP contribution in [0.2, 0.25) is 0 Å². The standard InChI is InChI=1S/C11H16BrNO/c1-7-5-8(11(2,3)13)6-9(12)10(7)14-4/h5-6H,13H2,1-4H3. The Morgan fingerprint density at radius 3 is 2.29 bits per heavy atom. The summed E-state index contributed by atoms with van der Waals surface area (Å²) in [6.07, 6.45) is 0. The largest absolute Gasteiger partial charge is 0.495 e. The molecule has 78 valence electrons. The number of ether oxygens (including phenoxy) is 1. The van der Waals surface area contributed by atoms with Gasteiger partial charge in [-0.3, -0.25) is 0 Å². The molecule has 0 spiro atoms. The van der Waals surface area contributed by atoms with E-state index < -0.39 is 0 Å². The van der Waals surface area contributed by atoms with Gasteiger partial charge in [-0.1, -0.05) is 6.07 Å². The number of hydrogen-bond acceptors (Lipinski definition) is 2. The Labute approximate surface area is 93.6 Å². The molecule has 3 heteroatoms. The highest BCUT2D eigenvalue weighted by atomic mass is 79.9. The van der Waals surface area contributed by atoms with Gasteiger partial charge in [0.15, 0.2) is 0 Å². The van der Waals surface area contributed by atoms with Gasteiger partial charge in [0, 0.05) is 5.54 Å². The van der Waals surface area contributed by atoms with E-state index in [2.05, 4.69) is 22.0 Å². The van der Waals surface area contributed by atoms with E-state index in [4.69, 9.17) is 10.5 Å². The lowest BCUT2D eigenvalue weighted by molar-refractivity contribution is 0.408.